The summed E-state index contributed by atoms with van der Waals surface area (Å²) in [7, 11) is 0. The third-order valence-corrected chi connectivity index (χ3v) is 3.92. The molecule has 3 unspecified atom stereocenters. The van der Waals surface area contributed by atoms with Crippen molar-refractivity contribution in [3.8, 4) is 0 Å². The smallest absolute Gasteiger partial charge is 0.126 e. The van der Waals surface area contributed by atoms with Gasteiger partial charge in [0.05, 0.1) is 5.60 Å². The second kappa shape index (κ2) is 5.37. The molecular weight excluding hydrogens is 229 g/mol. The summed E-state index contributed by atoms with van der Waals surface area (Å²) in [5, 5.41) is 14.0. The van der Waals surface area contributed by atoms with Crippen LogP contribution in [-0.4, -0.2) is 23.3 Å². The summed E-state index contributed by atoms with van der Waals surface area (Å²) < 4.78 is 13.6. The molecule has 1 aliphatic heterocycles. The Morgan fingerprint density at radius 2 is 2.17 bits per heavy atom. The van der Waals surface area contributed by atoms with Crippen LogP contribution in [0.15, 0.2) is 24.3 Å². The van der Waals surface area contributed by atoms with E-state index in [4.69, 9.17) is 0 Å². The highest BCUT2D eigenvalue weighted by atomic mass is 19.1. The maximum Gasteiger partial charge on any atom is 0.126 e. The highest BCUT2D eigenvalue weighted by Gasteiger charge is 2.35. The quantitative estimate of drug-likeness (QED) is 0.865. The third kappa shape index (κ3) is 3.09. The number of hydrogen-bond acceptors (Lipinski definition) is 2. The second-order valence-corrected chi connectivity index (χ2v) is 5.76. The van der Waals surface area contributed by atoms with Gasteiger partial charge in [-0.25, -0.2) is 4.39 Å². The highest BCUT2D eigenvalue weighted by Crippen LogP contribution is 2.26. The van der Waals surface area contributed by atoms with Gasteiger partial charge < -0.3 is 10.4 Å². The van der Waals surface area contributed by atoms with Gasteiger partial charge in [-0.15, -0.1) is 0 Å². The van der Waals surface area contributed by atoms with Crippen LogP contribution in [0.1, 0.15) is 32.3 Å². The lowest BCUT2D eigenvalue weighted by Gasteiger charge is -2.38. The number of rotatable bonds is 3. The molecule has 0 saturated carbocycles. The molecule has 0 aromatic heterocycles. The predicted molar refractivity (Wildman–Crippen MR) is 70.9 cm³/mol. The fourth-order valence-corrected chi connectivity index (χ4v) is 2.73. The van der Waals surface area contributed by atoms with Crippen molar-refractivity contribution >= 4 is 0 Å². The van der Waals surface area contributed by atoms with Crippen molar-refractivity contribution in [1.82, 2.24) is 5.32 Å². The Morgan fingerprint density at radius 3 is 2.83 bits per heavy atom. The molecular formula is C15H22FNO. The zero-order chi connectivity index (χ0) is 13.2. The van der Waals surface area contributed by atoms with E-state index in [1.165, 1.54) is 6.07 Å². The molecule has 1 aromatic rings. The lowest BCUT2D eigenvalue weighted by atomic mass is 9.81. The van der Waals surface area contributed by atoms with Crippen LogP contribution in [-0.2, 0) is 6.42 Å². The van der Waals surface area contributed by atoms with Crippen molar-refractivity contribution in [2.45, 2.75) is 44.8 Å². The third-order valence-electron chi connectivity index (χ3n) is 3.92. The standard InChI is InChI=1S/C15H22FNO/c1-11-7-8-17-14(9-11)15(2,18)10-12-5-3-4-6-13(12)16/h3-6,11,14,17-18H,7-10H2,1-2H3. The van der Waals surface area contributed by atoms with E-state index < -0.39 is 5.60 Å². The minimum absolute atomic E-state index is 0.0425. The van der Waals surface area contributed by atoms with Crippen LogP contribution in [0.4, 0.5) is 4.39 Å². The summed E-state index contributed by atoms with van der Waals surface area (Å²) in [5.74, 6) is 0.380. The normalized spacial score (nSPS) is 27.8. The second-order valence-electron chi connectivity index (χ2n) is 5.76. The van der Waals surface area contributed by atoms with E-state index in [9.17, 15) is 9.50 Å². The summed E-state index contributed by atoms with van der Waals surface area (Å²) in [6.45, 7) is 4.93. The number of piperidine rings is 1. The Bertz CT molecular complexity index is 405. The van der Waals surface area contributed by atoms with Crippen LogP contribution < -0.4 is 5.32 Å². The Balaban J connectivity index is 2.09. The lowest BCUT2D eigenvalue weighted by Crippen LogP contribution is -2.53. The van der Waals surface area contributed by atoms with Crippen LogP contribution in [0.2, 0.25) is 0 Å². The topological polar surface area (TPSA) is 32.3 Å². The van der Waals surface area contributed by atoms with E-state index in [2.05, 4.69) is 12.2 Å². The zero-order valence-corrected chi connectivity index (χ0v) is 11.1. The molecule has 2 nitrogen and oxygen atoms in total. The number of halogens is 1. The fourth-order valence-electron chi connectivity index (χ4n) is 2.73. The Morgan fingerprint density at radius 1 is 1.44 bits per heavy atom. The number of hydrogen-bond donors (Lipinski definition) is 2. The van der Waals surface area contributed by atoms with Crippen molar-refractivity contribution in [1.29, 1.82) is 0 Å². The Hall–Kier alpha value is -0.930. The maximum atomic E-state index is 13.6. The van der Waals surface area contributed by atoms with E-state index in [1.807, 2.05) is 6.07 Å². The van der Waals surface area contributed by atoms with Gasteiger partial charge in [0.15, 0.2) is 0 Å². The summed E-state index contributed by atoms with van der Waals surface area (Å²) >= 11 is 0. The summed E-state index contributed by atoms with van der Waals surface area (Å²) in [5.41, 5.74) is -0.320. The summed E-state index contributed by atoms with van der Waals surface area (Å²) in [6.07, 6.45) is 2.44. The first-order valence-electron chi connectivity index (χ1n) is 6.68. The number of aliphatic hydroxyl groups is 1. The average molecular weight is 251 g/mol. The zero-order valence-electron chi connectivity index (χ0n) is 11.1. The molecule has 0 aliphatic carbocycles. The van der Waals surface area contributed by atoms with E-state index >= 15 is 0 Å². The molecule has 18 heavy (non-hydrogen) atoms. The number of benzene rings is 1. The van der Waals surface area contributed by atoms with E-state index in [1.54, 1.807) is 19.1 Å². The molecule has 1 heterocycles. The minimum atomic E-state index is -0.906. The summed E-state index contributed by atoms with van der Waals surface area (Å²) in [6, 6.07) is 6.72. The van der Waals surface area contributed by atoms with Gasteiger partial charge in [-0.1, -0.05) is 25.1 Å². The van der Waals surface area contributed by atoms with Gasteiger partial charge in [-0.3, -0.25) is 0 Å². The number of nitrogens with one attached hydrogen (secondary N) is 1. The van der Waals surface area contributed by atoms with Crippen LogP contribution in [0.25, 0.3) is 0 Å². The van der Waals surface area contributed by atoms with Crippen molar-refractivity contribution in [2.75, 3.05) is 6.54 Å². The Kier molecular flexibility index (Phi) is 4.03. The van der Waals surface area contributed by atoms with Gasteiger partial charge >= 0.3 is 0 Å². The molecule has 1 aromatic carbocycles. The maximum absolute atomic E-state index is 13.6. The molecule has 0 radical (unpaired) electrons. The average Bonchev–Trinajstić information content (AvgIpc) is 2.32. The first-order chi connectivity index (χ1) is 8.49. The molecule has 100 valence electrons. The molecule has 1 aliphatic rings. The van der Waals surface area contributed by atoms with Gasteiger partial charge in [0, 0.05) is 12.5 Å². The molecule has 1 saturated heterocycles. The van der Waals surface area contributed by atoms with Crippen LogP contribution in [0.3, 0.4) is 0 Å². The van der Waals surface area contributed by atoms with Crippen LogP contribution in [0, 0.1) is 11.7 Å². The van der Waals surface area contributed by atoms with Crippen molar-refractivity contribution in [2.24, 2.45) is 5.92 Å². The molecule has 2 N–H and O–H groups in total. The van der Waals surface area contributed by atoms with E-state index in [-0.39, 0.29) is 11.9 Å². The highest BCUT2D eigenvalue weighted by molar-refractivity contribution is 5.20. The molecule has 1 fully saturated rings. The molecule has 0 spiro atoms. The SMILES string of the molecule is CC1CCNC(C(C)(O)Cc2ccccc2F)C1. The van der Waals surface area contributed by atoms with Crippen LogP contribution in [0.5, 0.6) is 0 Å². The lowest BCUT2D eigenvalue weighted by molar-refractivity contribution is 0.00273. The monoisotopic (exact) mass is 251 g/mol. The largest absolute Gasteiger partial charge is 0.388 e. The molecule has 3 atom stereocenters. The molecule has 0 bridgehead atoms. The molecule has 0 amide bonds. The molecule has 3 heteroatoms. The van der Waals surface area contributed by atoms with Crippen molar-refractivity contribution in [3.05, 3.63) is 35.6 Å². The molecule has 2 rings (SSSR count). The van der Waals surface area contributed by atoms with Gasteiger partial charge in [0.2, 0.25) is 0 Å². The van der Waals surface area contributed by atoms with Gasteiger partial charge in [-0.05, 0) is 43.9 Å². The fraction of sp³-hybridized carbons (Fsp3) is 0.600. The van der Waals surface area contributed by atoms with Crippen molar-refractivity contribution in [3.63, 3.8) is 0 Å². The van der Waals surface area contributed by atoms with Gasteiger partial charge in [0.25, 0.3) is 0 Å². The predicted octanol–water partition coefficient (Wildman–Crippen LogP) is 2.51. The van der Waals surface area contributed by atoms with Gasteiger partial charge in [-0.2, -0.15) is 0 Å². The minimum Gasteiger partial charge on any atom is -0.388 e. The van der Waals surface area contributed by atoms with Gasteiger partial charge in [0.1, 0.15) is 5.82 Å². The first kappa shape index (κ1) is 13.5. The van der Waals surface area contributed by atoms with E-state index in [0.717, 1.165) is 19.4 Å². The summed E-state index contributed by atoms with van der Waals surface area (Å²) in [4.78, 5) is 0. The van der Waals surface area contributed by atoms with E-state index in [0.29, 0.717) is 17.9 Å². The first-order valence-corrected chi connectivity index (χ1v) is 6.68. The Labute approximate surface area is 108 Å². The van der Waals surface area contributed by atoms with Crippen molar-refractivity contribution < 1.29 is 9.50 Å². The van der Waals surface area contributed by atoms with Crippen LogP contribution >= 0.6 is 0 Å².